The van der Waals surface area contributed by atoms with Crippen molar-refractivity contribution >= 4 is 5.69 Å². The number of anilines is 1. The number of phenols is 1. The molecule has 2 aromatic rings. The van der Waals surface area contributed by atoms with Gasteiger partial charge in [-0.15, -0.1) is 0 Å². The van der Waals surface area contributed by atoms with Crippen LogP contribution >= 0.6 is 0 Å². The van der Waals surface area contributed by atoms with Crippen LogP contribution in [0.2, 0.25) is 0 Å². The highest BCUT2D eigenvalue weighted by molar-refractivity contribution is 5.64. The molecule has 1 aromatic carbocycles. The maximum Gasteiger partial charge on any atom is 0.250 e. The molecule has 0 spiro atoms. The smallest absolute Gasteiger partial charge is 0.250 e. The van der Waals surface area contributed by atoms with Crippen LogP contribution in [-0.4, -0.2) is 10.1 Å². The van der Waals surface area contributed by atoms with E-state index in [1.54, 1.807) is 30.3 Å². The fourth-order valence-electron chi connectivity index (χ4n) is 1.39. The van der Waals surface area contributed by atoms with Gasteiger partial charge in [0.25, 0.3) is 0 Å². The molecule has 0 atom stereocenters. The largest absolute Gasteiger partial charge is 0.508 e. The number of nitrogen functional groups attached to an aromatic ring is 1. The van der Waals surface area contributed by atoms with E-state index in [0.29, 0.717) is 11.4 Å². The highest BCUT2D eigenvalue weighted by Gasteiger charge is 2.00. The second kappa shape index (κ2) is 3.49. The minimum Gasteiger partial charge on any atom is -0.508 e. The van der Waals surface area contributed by atoms with E-state index in [2.05, 4.69) is 4.98 Å². The number of aromatic amines is 1. The number of aromatic nitrogens is 1. The summed E-state index contributed by atoms with van der Waals surface area (Å²) in [7, 11) is 0. The van der Waals surface area contributed by atoms with Gasteiger partial charge in [0.05, 0.1) is 5.69 Å². The Kier molecular flexibility index (Phi) is 2.17. The summed E-state index contributed by atoms with van der Waals surface area (Å²) in [6.45, 7) is 0. The summed E-state index contributed by atoms with van der Waals surface area (Å²) in [6.07, 6.45) is 0. The second-order valence-corrected chi connectivity index (χ2v) is 3.24. The molecule has 0 fully saturated rings. The lowest BCUT2D eigenvalue weighted by Gasteiger charge is -2.02. The van der Waals surface area contributed by atoms with E-state index in [-0.39, 0.29) is 11.3 Å². The first-order chi connectivity index (χ1) is 7.15. The van der Waals surface area contributed by atoms with Gasteiger partial charge in [-0.1, -0.05) is 12.1 Å². The van der Waals surface area contributed by atoms with E-state index in [1.807, 2.05) is 0 Å². The van der Waals surface area contributed by atoms with Gasteiger partial charge in [0.2, 0.25) is 5.56 Å². The van der Waals surface area contributed by atoms with Crippen molar-refractivity contribution in [3.63, 3.8) is 0 Å². The van der Waals surface area contributed by atoms with E-state index in [0.717, 1.165) is 5.56 Å². The maximum atomic E-state index is 11.2. The Morgan fingerprint density at radius 1 is 1.20 bits per heavy atom. The van der Waals surface area contributed by atoms with Crippen molar-refractivity contribution in [3.05, 3.63) is 46.8 Å². The van der Waals surface area contributed by atoms with Crippen molar-refractivity contribution in [3.8, 4) is 17.0 Å². The van der Waals surface area contributed by atoms with Gasteiger partial charge in [0.1, 0.15) is 5.75 Å². The zero-order valence-electron chi connectivity index (χ0n) is 7.90. The molecule has 0 amide bonds. The van der Waals surface area contributed by atoms with Crippen LogP contribution in [0.15, 0.2) is 41.2 Å². The van der Waals surface area contributed by atoms with Gasteiger partial charge < -0.3 is 15.8 Å². The Labute approximate surface area is 86.0 Å². The lowest BCUT2D eigenvalue weighted by Crippen LogP contribution is -2.06. The number of hydrogen-bond donors (Lipinski definition) is 3. The molecule has 0 aliphatic carbocycles. The van der Waals surface area contributed by atoms with Gasteiger partial charge >= 0.3 is 0 Å². The highest BCUT2D eigenvalue weighted by atomic mass is 16.3. The normalized spacial score (nSPS) is 10.1. The van der Waals surface area contributed by atoms with Gasteiger partial charge in [0.15, 0.2) is 0 Å². The molecule has 4 N–H and O–H groups in total. The molecular formula is C11H10N2O2. The Morgan fingerprint density at radius 3 is 2.67 bits per heavy atom. The average Bonchev–Trinajstić information content (AvgIpc) is 2.16. The van der Waals surface area contributed by atoms with E-state index in [4.69, 9.17) is 5.73 Å². The lowest BCUT2D eigenvalue weighted by atomic mass is 10.1. The molecule has 0 saturated heterocycles. The molecule has 4 heteroatoms. The molecule has 0 aliphatic heterocycles. The fourth-order valence-corrected chi connectivity index (χ4v) is 1.39. The quantitative estimate of drug-likeness (QED) is 0.652. The number of rotatable bonds is 1. The number of nitrogens with two attached hydrogens (primary N) is 1. The molecule has 1 heterocycles. The predicted molar refractivity (Wildman–Crippen MR) is 58.6 cm³/mol. The van der Waals surface area contributed by atoms with Crippen LogP contribution in [0.25, 0.3) is 11.3 Å². The number of aromatic hydroxyl groups is 1. The van der Waals surface area contributed by atoms with Crippen molar-refractivity contribution in [2.24, 2.45) is 0 Å². The van der Waals surface area contributed by atoms with Crippen molar-refractivity contribution in [1.82, 2.24) is 4.98 Å². The Hall–Kier alpha value is -2.23. The third-order valence-corrected chi connectivity index (χ3v) is 2.02. The molecule has 0 aliphatic rings. The van der Waals surface area contributed by atoms with Gasteiger partial charge in [0, 0.05) is 17.3 Å². The van der Waals surface area contributed by atoms with Crippen molar-refractivity contribution in [2.75, 3.05) is 5.73 Å². The first-order valence-electron chi connectivity index (χ1n) is 4.44. The first-order valence-corrected chi connectivity index (χ1v) is 4.44. The van der Waals surface area contributed by atoms with Crippen LogP contribution in [0.5, 0.6) is 5.75 Å². The molecule has 0 saturated carbocycles. The predicted octanol–water partition coefficient (Wildman–Crippen LogP) is 1.33. The minimum absolute atomic E-state index is 0.149. The van der Waals surface area contributed by atoms with E-state index < -0.39 is 0 Å². The van der Waals surface area contributed by atoms with E-state index >= 15 is 0 Å². The first kappa shape index (κ1) is 9.33. The molecule has 1 aromatic heterocycles. The van der Waals surface area contributed by atoms with Gasteiger partial charge in [-0.05, 0) is 18.2 Å². The van der Waals surface area contributed by atoms with Crippen molar-refractivity contribution in [2.45, 2.75) is 0 Å². The Morgan fingerprint density at radius 2 is 2.00 bits per heavy atom. The Balaban J connectivity index is 2.59. The zero-order valence-corrected chi connectivity index (χ0v) is 7.90. The SMILES string of the molecule is Nc1cc(-c2cccc(O)c2)[nH]c(=O)c1. The monoisotopic (exact) mass is 202 g/mol. The molecular weight excluding hydrogens is 192 g/mol. The van der Waals surface area contributed by atoms with E-state index in [9.17, 15) is 9.90 Å². The molecule has 4 nitrogen and oxygen atoms in total. The molecule has 0 radical (unpaired) electrons. The summed E-state index contributed by atoms with van der Waals surface area (Å²) >= 11 is 0. The number of phenolic OH excluding ortho intramolecular Hbond substituents is 1. The topological polar surface area (TPSA) is 79.1 Å². The highest BCUT2D eigenvalue weighted by Crippen LogP contribution is 2.21. The summed E-state index contributed by atoms with van der Waals surface area (Å²) in [6, 6.07) is 9.57. The van der Waals surface area contributed by atoms with Crippen LogP contribution in [0.1, 0.15) is 0 Å². The van der Waals surface area contributed by atoms with E-state index in [1.165, 1.54) is 6.07 Å². The third kappa shape index (κ3) is 1.99. The zero-order chi connectivity index (χ0) is 10.8. The second-order valence-electron chi connectivity index (χ2n) is 3.24. The summed E-state index contributed by atoms with van der Waals surface area (Å²) < 4.78 is 0. The number of nitrogens with one attached hydrogen (secondary N) is 1. The minimum atomic E-state index is -0.256. The lowest BCUT2D eigenvalue weighted by molar-refractivity contribution is 0.475. The average molecular weight is 202 g/mol. The van der Waals surface area contributed by atoms with Crippen LogP contribution in [0.4, 0.5) is 5.69 Å². The fraction of sp³-hybridized carbons (Fsp3) is 0. The maximum absolute atomic E-state index is 11.2. The van der Waals surface area contributed by atoms with Gasteiger partial charge in [-0.2, -0.15) is 0 Å². The molecule has 2 rings (SSSR count). The van der Waals surface area contributed by atoms with Crippen LogP contribution in [0, 0.1) is 0 Å². The van der Waals surface area contributed by atoms with Crippen LogP contribution in [-0.2, 0) is 0 Å². The van der Waals surface area contributed by atoms with Crippen molar-refractivity contribution < 1.29 is 5.11 Å². The van der Waals surface area contributed by atoms with Crippen LogP contribution < -0.4 is 11.3 Å². The van der Waals surface area contributed by atoms with Crippen LogP contribution in [0.3, 0.4) is 0 Å². The molecule has 76 valence electrons. The summed E-state index contributed by atoms with van der Waals surface area (Å²) in [5, 5.41) is 9.29. The standard InChI is InChI=1S/C11H10N2O2/c12-8-5-10(13-11(15)6-8)7-2-1-3-9(14)4-7/h1-6,14H,(H3,12,13,15). The Bertz CT molecular complexity index is 546. The summed E-state index contributed by atoms with van der Waals surface area (Å²) in [5.74, 6) is 0.149. The number of H-pyrrole nitrogens is 1. The van der Waals surface area contributed by atoms with Gasteiger partial charge in [-0.25, -0.2) is 0 Å². The third-order valence-electron chi connectivity index (χ3n) is 2.02. The summed E-state index contributed by atoms with van der Waals surface area (Å²) in [5.41, 5.74) is 7.01. The number of hydrogen-bond acceptors (Lipinski definition) is 3. The molecule has 0 unspecified atom stereocenters. The number of pyridine rings is 1. The number of benzene rings is 1. The molecule has 0 bridgehead atoms. The van der Waals surface area contributed by atoms with Crippen molar-refractivity contribution in [1.29, 1.82) is 0 Å². The summed E-state index contributed by atoms with van der Waals surface area (Å²) in [4.78, 5) is 13.8. The molecule has 15 heavy (non-hydrogen) atoms. The van der Waals surface area contributed by atoms with Gasteiger partial charge in [-0.3, -0.25) is 4.79 Å².